The Bertz CT molecular complexity index is 7170. The van der Waals surface area contributed by atoms with E-state index in [2.05, 4.69) is 59.8 Å². The molecule has 21 rings (SSSR count). The standard InChI is InChI=1S/C92H48Cl4N20O12.Co/c93-69-61-65(73(117-49-13-1-25-97-37-49)81(125-57-21-9-33-105-45-57)77(69)121-53-17-5-29-101-41-53)89-109-85(61)114-90-67-63(71(95)79(123-55-19-7-31-103-43-55)83(127-59-23-11-35-107-47-59)75(67)119-51-15-3-27-99-39-51)87(111-90)116-92-68-64(72(96)80(124-56-20-8-32-104-44-56)84(128-60-24-12-36-108-48-60)76(68)120-52-16-4-28-100-40-52)88(112-92)115-91-66-62(86(110-91)113-89)70(94)78(122-54-18-6-30-102-42-54)82(126-58-22-10-34-106-46-58)74(66)118-50-14-2-26-98-38-50;/h1-48H;/q-2;+2. The van der Waals surface area contributed by atoms with Gasteiger partial charge in [-0.25, -0.2) is 9.97 Å². The van der Waals surface area contributed by atoms with Gasteiger partial charge in [0.1, 0.15) is 69.0 Å². The summed E-state index contributed by atoms with van der Waals surface area (Å²) in [4.78, 5) is 97.3. The van der Waals surface area contributed by atoms with Crippen LogP contribution in [0.2, 0.25) is 20.1 Å². The number of hydrogen-bond donors (Lipinski definition) is 0. The van der Waals surface area contributed by atoms with Crippen LogP contribution < -0.4 is 66.8 Å². The van der Waals surface area contributed by atoms with Crippen molar-refractivity contribution in [2.24, 2.45) is 0 Å². The number of ether oxygens (including phenoxy) is 12. The Balaban J connectivity index is 0.0000104. The minimum Gasteiger partial charge on any atom is -0.451 e. The van der Waals surface area contributed by atoms with Crippen molar-refractivity contribution in [3.8, 4) is 184 Å². The zero-order valence-corrected chi connectivity index (χ0v) is 69.5. The first-order valence-electron chi connectivity index (χ1n) is 38.4. The normalized spacial score (nSPS) is 11.2. The van der Waals surface area contributed by atoms with Gasteiger partial charge in [0.15, 0.2) is 46.0 Å². The number of aromatic nitrogens is 20. The SMILES string of the molecule is Clc1c(Oc2cccnc2)c(Oc2cccnc2)c(Oc2cccnc2)c2c1-c1nc-2nc2[n-]c(nc3nc(nc4[n-]c(n1)c1c(Oc5cccnc5)c(Oc5cccnc5)c(Oc5cccnc5)c(Cl)c41)-c1c(Oc4cccnc4)c(Oc4cccnc4)c(Oc4cccnc4)c(Cl)c1-3)c1c(Oc3cccnc3)c(Oc3cccnc3)c(Oc3cccnc3)c(Cl)c21.[Co+2]. The van der Waals surface area contributed by atoms with Crippen LogP contribution in [0, 0.1) is 0 Å². The van der Waals surface area contributed by atoms with Crippen LogP contribution in [0.5, 0.6) is 138 Å². The molecule has 0 saturated carbocycles. The van der Waals surface area contributed by atoms with E-state index in [1.807, 2.05) is 0 Å². The van der Waals surface area contributed by atoms with Gasteiger partial charge in [0.2, 0.25) is 23.0 Å². The maximum absolute atomic E-state index is 8.23. The molecule has 0 aliphatic carbocycles. The monoisotopic (exact) mass is 1820 g/mol. The third kappa shape index (κ3) is 16.1. The fourth-order valence-electron chi connectivity index (χ4n) is 13.6. The van der Waals surface area contributed by atoms with E-state index in [0.717, 1.165) is 0 Å². The number of hydrogen-bond acceptors (Lipinski definition) is 30. The summed E-state index contributed by atoms with van der Waals surface area (Å²) in [6, 6.07) is 39.9. The molecule has 625 valence electrons. The predicted octanol–water partition coefficient (Wildman–Crippen LogP) is 23.0. The molecule has 4 aromatic carbocycles. The Labute approximate surface area is 756 Å². The van der Waals surface area contributed by atoms with E-state index in [1.165, 1.54) is 74.4 Å². The number of fused-ring (bicyclic) bond motifs is 20. The van der Waals surface area contributed by atoms with Crippen molar-refractivity contribution in [2.45, 2.75) is 0 Å². The Kier molecular flexibility index (Phi) is 22.2. The number of halogens is 4. The first-order chi connectivity index (χ1) is 63.1. The van der Waals surface area contributed by atoms with Crippen molar-refractivity contribution in [3.05, 3.63) is 314 Å². The Hall–Kier alpha value is -16.7. The van der Waals surface area contributed by atoms with Crippen molar-refractivity contribution >= 4 is 90.5 Å². The molecule has 2 aliphatic rings. The van der Waals surface area contributed by atoms with Gasteiger partial charge in [0.05, 0.1) is 129 Å². The van der Waals surface area contributed by atoms with Gasteiger partial charge in [-0.1, -0.05) is 46.4 Å². The molecule has 0 unspecified atom stereocenters. The van der Waals surface area contributed by atoms with Gasteiger partial charge >= 0.3 is 16.8 Å². The molecule has 17 heterocycles. The number of pyridine rings is 12. The second kappa shape index (κ2) is 35.5. The summed E-state index contributed by atoms with van der Waals surface area (Å²) < 4.78 is 84.5. The summed E-state index contributed by atoms with van der Waals surface area (Å²) in [6.07, 6.45) is 36.5. The minimum absolute atomic E-state index is 0. The first kappa shape index (κ1) is 80.7. The molecule has 15 aromatic heterocycles. The average molecular weight is 1830 g/mol. The van der Waals surface area contributed by atoms with Gasteiger partial charge in [-0.3, -0.25) is 59.8 Å². The maximum atomic E-state index is 8.23. The van der Waals surface area contributed by atoms with Gasteiger partial charge < -0.3 is 86.7 Å². The fraction of sp³-hybridized carbons (Fsp3) is 0. The smallest absolute Gasteiger partial charge is 0.451 e. The van der Waals surface area contributed by atoms with Gasteiger partial charge in [0, 0.05) is 130 Å². The fourth-order valence-corrected chi connectivity index (χ4v) is 14.8. The molecule has 32 nitrogen and oxygen atoms in total. The van der Waals surface area contributed by atoms with Crippen LogP contribution in [0.3, 0.4) is 0 Å². The summed E-state index contributed by atoms with van der Waals surface area (Å²) in [5, 5.41) is -1.04. The van der Waals surface area contributed by atoms with E-state index >= 15 is 0 Å². The number of benzene rings is 4. The number of nitrogens with zero attached hydrogens (tertiary/aromatic N) is 20. The van der Waals surface area contributed by atoms with Crippen LogP contribution >= 0.6 is 46.4 Å². The molecule has 37 heteroatoms. The molecule has 19 aromatic rings. The molecule has 0 N–H and O–H groups in total. The van der Waals surface area contributed by atoms with E-state index < -0.39 is 0 Å². The van der Waals surface area contributed by atoms with Crippen molar-refractivity contribution in [2.75, 3.05) is 0 Å². The molecular formula is C92H48Cl4CoN20O12. The Morgan fingerprint density at radius 2 is 0.349 bits per heavy atom. The van der Waals surface area contributed by atoms with E-state index in [1.54, 1.807) is 220 Å². The van der Waals surface area contributed by atoms with Crippen molar-refractivity contribution in [1.82, 2.24) is 99.7 Å². The molecule has 0 spiro atoms. The molecule has 0 saturated heterocycles. The molecule has 0 atom stereocenters. The van der Waals surface area contributed by atoms with E-state index in [-0.39, 0.29) is 265 Å². The van der Waals surface area contributed by atoms with Crippen LogP contribution in [0.25, 0.3) is 89.7 Å². The summed E-state index contributed by atoms with van der Waals surface area (Å²) in [7, 11) is 0. The van der Waals surface area contributed by atoms with E-state index in [9.17, 15) is 0 Å². The van der Waals surface area contributed by atoms with Crippen molar-refractivity contribution < 1.29 is 73.6 Å². The zero-order valence-electron chi connectivity index (χ0n) is 65.4. The van der Waals surface area contributed by atoms with Crippen molar-refractivity contribution in [1.29, 1.82) is 0 Å². The van der Waals surface area contributed by atoms with Crippen LogP contribution in [0.4, 0.5) is 0 Å². The Morgan fingerprint density at radius 3 is 0.558 bits per heavy atom. The summed E-state index contributed by atoms with van der Waals surface area (Å²) >= 11 is 32.9. The third-order valence-electron chi connectivity index (χ3n) is 19.0. The largest absolute Gasteiger partial charge is 2.00 e. The Morgan fingerprint density at radius 1 is 0.178 bits per heavy atom. The molecule has 8 bridgehead atoms. The summed E-state index contributed by atoms with van der Waals surface area (Å²) in [6.45, 7) is 0. The molecule has 0 amide bonds. The molecular weight excluding hydrogens is 1780 g/mol. The molecule has 0 fully saturated rings. The summed E-state index contributed by atoms with van der Waals surface area (Å²) in [5.74, 6) is -1.08. The quantitative estimate of drug-likeness (QED) is 0.0542. The van der Waals surface area contributed by atoms with Gasteiger partial charge in [-0.05, 0) is 146 Å². The van der Waals surface area contributed by atoms with E-state index in [0.29, 0.717) is 0 Å². The second-order valence-electron chi connectivity index (χ2n) is 27.2. The van der Waals surface area contributed by atoms with Crippen LogP contribution in [-0.2, 0) is 16.8 Å². The topological polar surface area (TPSA) is 371 Å². The van der Waals surface area contributed by atoms with E-state index in [4.69, 9.17) is 143 Å². The van der Waals surface area contributed by atoms with Gasteiger partial charge in [-0.2, -0.15) is 0 Å². The van der Waals surface area contributed by atoms with Crippen LogP contribution in [0.15, 0.2) is 294 Å². The van der Waals surface area contributed by atoms with Gasteiger partial charge in [-0.15, -0.1) is 0 Å². The first-order valence-corrected chi connectivity index (χ1v) is 39.9. The zero-order chi connectivity index (χ0) is 86.0. The average Bonchev–Trinajstić information content (AvgIpc) is 1.57. The predicted molar refractivity (Wildman–Crippen MR) is 466 cm³/mol. The summed E-state index contributed by atoms with van der Waals surface area (Å²) in [5.41, 5.74) is -1.25. The van der Waals surface area contributed by atoms with Crippen LogP contribution in [0.1, 0.15) is 0 Å². The maximum Gasteiger partial charge on any atom is 2.00 e. The van der Waals surface area contributed by atoms with Crippen molar-refractivity contribution in [3.63, 3.8) is 0 Å². The molecule has 2 aliphatic heterocycles. The minimum atomic E-state index is -0.271. The number of rotatable bonds is 24. The molecule has 129 heavy (non-hydrogen) atoms. The third-order valence-corrected chi connectivity index (χ3v) is 20.4. The molecule has 1 radical (unpaired) electrons. The van der Waals surface area contributed by atoms with Gasteiger partial charge in [0.25, 0.3) is 0 Å². The van der Waals surface area contributed by atoms with Crippen LogP contribution in [-0.4, -0.2) is 89.7 Å². The second-order valence-corrected chi connectivity index (χ2v) is 28.7.